The molecule has 3 heterocycles. The molecule has 32 heavy (non-hydrogen) atoms. The van der Waals surface area contributed by atoms with Crippen molar-refractivity contribution in [3.63, 3.8) is 0 Å². The van der Waals surface area contributed by atoms with Crippen molar-refractivity contribution in [1.82, 2.24) is 19.7 Å². The number of rotatable bonds is 6. The minimum absolute atomic E-state index is 0.484. The molecule has 2 aliphatic rings. The fraction of sp³-hybridized carbons (Fsp3) is 0.391. The van der Waals surface area contributed by atoms with E-state index in [0.717, 1.165) is 47.8 Å². The first kappa shape index (κ1) is 20.4. The minimum atomic E-state index is -0.743. The fourth-order valence-electron chi connectivity index (χ4n) is 4.30. The number of benzene rings is 1. The highest BCUT2D eigenvalue weighted by molar-refractivity contribution is 5.82. The summed E-state index contributed by atoms with van der Waals surface area (Å²) in [6.45, 7) is 2.88. The average molecular weight is 435 g/mol. The maximum absolute atomic E-state index is 11.8. The normalized spacial score (nSPS) is 17.6. The maximum Gasteiger partial charge on any atom is 0.314 e. The number of hydrogen-bond donors (Lipinski definition) is 2. The van der Waals surface area contributed by atoms with Crippen molar-refractivity contribution in [3.8, 4) is 11.3 Å². The van der Waals surface area contributed by atoms with Crippen LogP contribution < -0.4 is 10.2 Å². The van der Waals surface area contributed by atoms with E-state index in [1.165, 1.54) is 0 Å². The van der Waals surface area contributed by atoms with Gasteiger partial charge in [-0.05, 0) is 30.5 Å². The van der Waals surface area contributed by atoms with Gasteiger partial charge in [-0.15, -0.1) is 0 Å². The first-order chi connectivity index (χ1) is 15.5. The highest BCUT2D eigenvalue weighted by Gasteiger charge is 2.45. The number of morpholine rings is 1. The number of aliphatic carboxylic acids is 1. The van der Waals surface area contributed by atoms with Crippen LogP contribution in [-0.4, -0.2) is 57.1 Å². The molecule has 2 aromatic heterocycles. The Kier molecular flexibility index (Phi) is 5.26. The minimum Gasteiger partial charge on any atom is -0.481 e. The molecule has 9 heteroatoms. The number of carboxylic acid groups (broad SMARTS) is 1. The smallest absolute Gasteiger partial charge is 0.314 e. The molecule has 0 amide bonds. The molecule has 1 aromatic carbocycles. The van der Waals surface area contributed by atoms with Crippen LogP contribution in [-0.2, 0) is 22.0 Å². The molecule has 166 valence electrons. The Hall–Kier alpha value is -3.46. The quantitative estimate of drug-likeness (QED) is 0.610. The summed E-state index contributed by atoms with van der Waals surface area (Å²) in [5.74, 6) is 0.574. The van der Waals surface area contributed by atoms with Crippen LogP contribution in [0.3, 0.4) is 0 Å². The number of carboxylic acids is 1. The number of carbonyl (C=O) groups is 1. The number of aromatic nitrogens is 4. The Balaban J connectivity index is 1.44. The number of aryl methyl sites for hydroxylation is 1. The number of ether oxygens (including phenoxy) is 1. The number of hydrogen-bond acceptors (Lipinski definition) is 7. The second-order valence-corrected chi connectivity index (χ2v) is 8.38. The lowest BCUT2D eigenvalue weighted by Crippen LogP contribution is -2.42. The van der Waals surface area contributed by atoms with Gasteiger partial charge in [-0.25, -0.2) is 4.98 Å². The molecule has 0 bridgehead atoms. The molecular weight excluding hydrogens is 408 g/mol. The van der Waals surface area contributed by atoms with E-state index in [2.05, 4.69) is 15.3 Å². The molecule has 5 rings (SSSR count). The van der Waals surface area contributed by atoms with Gasteiger partial charge in [0.05, 0.1) is 30.5 Å². The molecule has 0 radical (unpaired) electrons. The topological polar surface area (TPSA) is 105 Å². The Morgan fingerprint density at radius 2 is 1.91 bits per heavy atom. The average Bonchev–Trinajstić information content (AvgIpc) is 3.21. The van der Waals surface area contributed by atoms with E-state index in [9.17, 15) is 9.90 Å². The van der Waals surface area contributed by atoms with Gasteiger partial charge >= 0.3 is 5.97 Å². The van der Waals surface area contributed by atoms with Crippen molar-refractivity contribution in [2.24, 2.45) is 7.05 Å². The molecule has 1 saturated carbocycles. The van der Waals surface area contributed by atoms with Crippen LogP contribution in [0.2, 0.25) is 0 Å². The largest absolute Gasteiger partial charge is 0.481 e. The zero-order chi connectivity index (χ0) is 22.1. The van der Waals surface area contributed by atoms with Gasteiger partial charge in [-0.1, -0.05) is 18.6 Å². The molecule has 1 saturated heterocycles. The molecule has 1 aliphatic carbocycles. The number of nitrogens with zero attached hydrogens (tertiary/aromatic N) is 5. The summed E-state index contributed by atoms with van der Waals surface area (Å²) < 4.78 is 7.23. The number of anilines is 3. The summed E-state index contributed by atoms with van der Waals surface area (Å²) in [5, 5.41) is 17.2. The highest BCUT2D eigenvalue weighted by atomic mass is 16.5. The summed E-state index contributed by atoms with van der Waals surface area (Å²) >= 11 is 0. The predicted octanol–water partition coefficient (Wildman–Crippen LogP) is 2.96. The first-order valence-electron chi connectivity index (χ1n) is 10.9. The summed E-state index contributed by atoms with van der Waals surface area (Å²) in [4.78, 5) is 23.4. The Bertz CT molecular complexity index is 1120. The van der Waals surface area contributed by atoms with E-state index in [0.29, 0.717) is 32.0 Å². The van der Waals surface area contributed by atoms with Gasteiger partial charge in [0.25, 0.3) is 0 Å². The van der Waals surface area contributed by atoms with Gasteiger partial charge in [-0.3, -0.25) is 9.48 Å². The zero-order valence-corrected chi connectivity index (χ0v) is 18.0. The van der Waals surface area contributed by atoms with Gasteiger partial charge in [0, 0.05) is 43.7 Å². The predicted molar refractivity (Wildman–Crippen MR) is 120 cm³/mol. The lowest BCUT2D eigenvalue weighted by molar-refractivity contribution is -0.147. The SMILES string of the molecule is Cn1cc(-c2cc(N3CCOCC3)nc(Nc3ccc(C4(C(=O)O)CCC4)cc3)n2)cn1. The fourth-order valence-corrected chi connectivity index (χ4v) is 4.30. The second kappa shape index (κ2) is 8.23. The van der Waals surface area contributed by atoms with E-state index in [1.54, 1.807) is 10.9 Å². The standard InChI is InChI=1S/C23H26N6O3/c1-28-15-16(14-24-28)19-13-20(29-9-11-32-12-10-29)27-22(26-19)25-18-5-3-17(4-6-18)23(21(30)31)7-2-8-23/h3-6,13-15H,2,7-12H2,1H3,(H,30,31)(H,25,26,27). The van der Waals surface area contributed by atoms with Gasteiger partial charge in [0.2, 0.25) is 5.95 Å². The van der Waals surface area contributed by atoms with Crippen LogP contribution in [0.5, 0.6) is 0 Å². The van der Waals surface area contributed by atoms with Crippen molar-refractivity contribution in [2.75, 3.05) is 36.5 Å². The summed E-state index contributed by atoms with van der Waals surface area (Å²) in [5.41, 5.74) is 2.62. The third kappa shape index (κ3) is 3.80. The third-order valence-electron chi connectivity index (χ3n) is 6.36. The van der Waals surface area contributed by atoms with Crippen LogP contribution in [0.1, 0.15) is 24.8 Å². The first-order valence-corrected chi connectivity index (χ1v) is 10.9. The van der Waals surface area contributed by atoms with Crippen molar-refractivity contribution < 1.29 is 14.6 Å². The summed E-state index contributed by atoms with van der Waals surface area (Å²) in [6.07, 6.45) is 6.04. The zero-order valence-electron chi connectivity index (χ0n) is 18.0. The van der Waals surface area contributed by atoms with Crippen LogP contribution in [0.4, 0.5) is 17.5 Å². The lowest BCUT2D eigenvalue weighted by atomic mass is 9.64. The molecule has 9 nitrogen and oxygen atoms in total. The summed E-state index contributed by atoms with van der Waals surface area (Å²) in [7, 11) is 1.88. The molecule has 2 N–H and O–H groups in total. The molecule has 0 unspecified atom stereocenters. The van der Waals surface area contributed by atoms with Crippen molar-refractivity contribution in [2.45, 2.75) is 24.7 Å². The molecule has 0 spiro atoms. The van der Waals surface area contributed by atoms with Crippen LogP contribution in [0, 0.1) is 0 Å². The lowest BCUT2D eigenvalue weighted by Gasteiger charge is -2.38. The van der Waals surface area contributed by atoms with Crippen molar-refractivity contribution >= 4 is 23.4 Å². The van der Waals surface area contributed by atoms with E-state index in [4.69, 9.17) is 14.7 Å². The Morgan fingerprint density at radius 1 is 1.16 bits per heavy atom. The van der Waals surface area contributed by atoms with E-state index in [-0.39, 0.29) is 0 Å². The van der Waals surface area contributed by atoms with E-state index in [1.807, 2.05) is 43.6 Å². The molecule has 0 atom stereocenters. The molecule has 3 aromatic rings. The Morgan fingerprint density at radius 3 is 2.50 bits per heavy atom. The van der Waals surface area contributed by atoms with Gasteiger partial charge in [-0.2, -0.15) is 10.1 Å². The number of nitrogens with one attached hydrogen (secondary N) is 1. The highest BCUT2D eigenvalue weighted by Crippen LogP contribution is 2.44. The summed E-state index contributed by atoms with van der Waals surface area (Å²) in [6, 6.07) is 9.55. The monoisotopic (exact) mass is 434 g/mol. The van der Waals surface area contributed by atoms with Gasteiger partial charge < -0.3 is 20.1 Å². The van der Waals surface area contributed by atoms with Crippen LogP contribution in [0.15, 0.2) is 42.7 Å². The maximum atomic E-state index is 11.8. The van der Waals surface area contributed by atoms with Gasteiger partial charge in [0.1, 0.15) is 5.82 Å². The van der Waals surface area contributed by atoms with Crippen molar-refractivity contribution in [3.05, 3.63) is 48.3 Å². The van der Waals surface area contributed by atoms with Crippen molar-refractivity contribution in [1.29, 1.82) is 0 Å². The van der Waals surface area contributed by atoms with Crippen LogP contribution in [0.25, 0.3) is 11.3 Å². The van der Waals surface area contributed by atoms with Crippen LogP contribution >= 0.6 is 0 Å². The van der Waals surface area contributed by atoms with E-state index < -0.39 is 11.4 Å². The molecular formula is C23H26N6O3. The van der Waals surface area contributed by atoms with Gasteiger partial charge in [0.15, 0.2) is 0 Å². The third-order valence-corrected chi connectivity index (χ3v) is 6.36. The van der Waals surface area contributed by atoms with E-state index >= 15 is 0 Å². The molecule has 2 fully saturated rings. The molecule has 1 aliphatic heterocycles. The Labute approximate surface area is 186 Å². The second-order valence-electron chi connectivity index (χ2n) is 8.38.